The van der Waals surface area contributed by atoms with E-state index in [1.165, 1.54) is 5.57 Å². The predicted octanol–water partition coefficient (Wildman–Crippen LogP) is 2.32. The summed E-state index contributed by atoms with van der Waals surface area (Å²) in [5.74, 6) is 3.88. The van der Waals surface area contributed by atoms with E-state index in [9.17, 15) is 14.4 Å². The Bertz CT molecular complexity index is 1210. The van der Waals surface area contributed by atoms with Gasteiger partial charge in [-0.25, -0.2) is 9.59 Å². The lowest BCUT2D eigenvalue weighted by Crippen LogP contribution is -2.31. The van der Waals surface area contributed by atoms with E-state index in [4.69, 9.17) is 0 Å². The molecular formula is C25H25N5O3. The van der Waals surface area contributed by atoms with E-state index in [-0.39, 0.29) is 11.7 Å². The first-order valence-corrected chi connectivity index (χ1v) is 10.9. The zero-order valence-electron chi connectivity index (χ0n) is 18.6. The highest BCUT2D eigenvalue weighted by molar-refractivity contribution is 5.95. The molecule has 0 saturated carbocycles. The molecule has 1 aromatic heterocycles. The minimum absolute atomic E-state index is 0.196. The van der Waals surface area contributed by atoms with E-state index in [0.29, 0.717) is 23.6 Å². The molecule has 2 aromatic rings. The quantitative estimate of drug-likeness (QED) is 0.685. The monoisotopic (exact) mass is 443 g/mol. The van der Waals surface area contributed by atoms with E-state index >= 15 is 0 Å². The van der Waals surface area contributed by atoms with E-state index in [1.54, 1.807) is 24.2 Å². The number of carbonyl (C=O) groups is 1. The number of benzene rings is 1. The third kappa shape index (κ3) is 4.49. The molecule has 1 amide bonds. The molecule has 2 N–H and O–H groups in total. The van der Waals surface area contributed by atoms with Crippen LogP contribution < -0.4 is 10.6 Å². The number of rotatable bonds is 5. The van der Waals surface area contributed by atoms with Crippen molar-refractivity contribution in [1.29, 1.82) is 0 Å². The lowest BCUT2D eigenvalue weighted by molar-refractivity contribution is 0.0958. The lowest BCUT2D eigenvalue weighted by Gasteiger charge is -2.32. The Morgan fingerprint density at radius 2 is 2.06 bits per heavy atom. The maximum absolute atomic E-state index is 11.7. The number of anilines is 1. The van der Waals surface area contributed by atoms with E-state index in [1.807, 2.05) is 43.1 Å². The predicted molar refractivity (Wildman–Crippen MR) is 126 cm³/mol. The maximum atomic E-state index is 11.7. The number of hydrogen-bond donors (Lipinski definition) is 2. The van der Waals surface area contributed by atoms with Gasteiger partial charge in [0, 0.05) is 45.0 Å². The molecule has 0 aliphatic carbocycles. The molecule has 3 heterocycles. The molecule has 4 rings (SSSR count). The van der Waals surface area contributed by atoms with Crippen molar-refractivity contribution in [3.05, 3.63) is 70.8 Å². The van der Waals surface area contributed by atoms with Crippen molar-refractivity contribution in [2.24, 2.45) is 0 Å². The number of nitrogens with one attached hydrogen (secondary N) is 2. The van der Waals surface area contributed by atoms with Crippen molar-refractivity contribution < 1.29 is 14.4 Å². The van der Waals surface area contributed by atoms with Gasteiger partial charge in [-0.2, -0.15) is 0 Å². The molecular weight excluding hydrogens is 418 g/mol. The lowest BCUT2D eigenvalue weighted by atomic mass is 9.99. The van der Waals surface area contributed by atoms with Crippen molar-refractivity contribution in [3.8, 4) is 0 Å². The second-order valence-corrected chi connectivity index (χ2v) is 7.88. The number of nitrogens with zero attached hydrogens (tertiary/aromatic N) is 3. The molecule has 2 aliphatic rings. The van der Waals surface area contributed by atoms with Crippen LogP contribution in [-0.2, 0) is 16.1 Å². The van der Waals surface area contributed by atoms with Crippen LogP contribution in [0, 0.1) is 0 Å². The first-order valence-electron chi connectivity index (χ1n) is 10.9. The first kappa shape index (κ1) is 22.2. The molecule has 0 spiro atoms. The molecule has 33 heavy (non-hydrogen) atoms. The van der Waals surface area contributed by atoms with Crippen molar-refractivity contribution >= 4 is 34.7 Å². The standard InChI is InChI=1S/C25H25N5O3/c1-3-30-23(15-31)20-6-4-17(12-22(20)28-24(30)16-32)14-29-10-8-18(9-11-29)19-5-7-21(27-13-19)25(33)26-2/h4-8,12-13,28H,3,9-11,14H2,1-2H3,(H,26,33). The Morgan fingerprint density at radius 1 is 1.21 bits per heavy atom. The number of pyridine rings is 1. The van der Waals surface area contributed by atoms with Crippen LogP contribution in [0.1, 0.15) is 40.5 Å². The highest BCUT2D eigenvalue weighted by Crippen LogP contribution is 2.34. The van der Waals surface area contributed by atoms with Gasteiger partial charge in [0.25, 0.3) is 5.91 Å². The fourth-order valence-electron chi connectivity index (χ4n) is 4.18. The Balaban J connectivity index is 1.46. The summed E-state index contributed by atoms with van der Waals surface area (Å²) in [6.45, 7) is 4.75. The molecule has 0 bridgehead atoms. The summed E-state index contributed by atoms with van der Waals surface area (Å²) in [6, 6.07) is 9.54. The smallest absolute Gasteiger partial charge is 0.269 e. The van der Waals surface area contributed by atoms with Crippen LogP contribution in [0.4, 0.5) is 5.69 Å². The Morgan fingerprint density at radius 3 is 2.67 bits per heavy atom. The Hall–Kier alpha value is -3.96. The first-order chi connectivity index (χ1) is 16.1. The minimum atomic E-state index is -0.196. The van der Waals surface area contributed by atoms with Crippen molar-refractivity contribution in [3.63, 3.8) is 0 Å². The van der Waals surface area contributed by atoms with E-state index in [0.717, 1.165) is 42.7 Å². The molecule has 0 radical (unpaired) electrons. The molecule has 0 unspecified atom stereocenters. The normalized spacial score (nSPS) is 15.7. The van der Waals surface area contributed by atoms with Crippen LogP contribution in [-0.4, -0.2) is 59.3 Å². The van der Waals surface area contributed by atoms with Gasteiger partial charge in [-0.1, -0.05) is 18.2 Å². The van der Waals surface area contributed by atoms with Crippen LogP contribution >= 0.6 is 0 Å². The molecule has 168 valence electrons. The molecule has 2 aliphatic heterocycles. The molecule has 8 heteroatoms. The number of carbonyl (C=O) groups excluding carboxylic acids is 3. The molecule has 0 saturated heterocycles. The molecule has 0 fully saturated rings. The average molecular weight is 444 g/mol. The summed E-state index contributed by atoms with van der Waals surface area (Å²) >= 11 is 0. The van der Waals surface area contributed by atoms with Crippen molar-refractivity contribution in [2.45, 2.75) is 19.9 Å². The number of hydrogen-bond acceptors (Lipinski definition) is 7. The molecule has 8 nitrogen and oxygen atoms in total. The van der Waals surface area contributed by atoms with Gasteiger partial charge in [-0.15, -0.1) is 0 Å². The third-order valence-corrected chi connectivity index (χ3v) is 5.93. The minimum Gasteiger partial charge on any atom is -0.354 e. The summed E-state index contributed by atoms with van der Waals surface area (Å²) in [5, 5.41) is 5.66. The number of aromatic nitrogens is 1. The van der Waals surface area contributed by atoms with Crippen molar-refractivity contribution in [1.82, 2.24) is 20.1 Å². The van der Waals surface area contributed by atoms with Gasteiger partial charge in [-0.05, 0) is 48.2 Å². The average Bonchev–Trinajstić information content (AvgIpc) is 2.87. The fourth-order valence-corrected chi connectivity index (χ4v) is 4.18. The summed E-state index contributed by atoms with van der Waals surface area (Å²) < 4.78 is 0. The van der Waals surface area contributed by atoms with Gasteiger partial charge < -0.3 is 15.5 Å². The second-order valence-electron chi connectivity index (χ2n) is 7.88. The van der Waals surface area contributed by atoms with Crippen LogP contribution in [0.2, 0.25) is 0 Å². The zero-order chi connectivity index (χ0) is 23.4. The Labute approximate surface area is 192 Å². The van der Waals surface area contributed by atoms with Gasteiger partial charge in [0.05, 0.1) is 5.69 Å². The largest absolute Gasteiger partial charge is 0.354 e. The maximum Gasteiger partial charge on any atom is 0.269 e. The second kappa shape index (κ2) is 9.67. The van der Waals surface area contributed by atoms with E-state index in [2.05, 4.69) is 26.6 Å². The number of amides is 1. The SMILES string of the molecule is CCN1C(=C=O)Nc2cc(CN3CC=C(c4ccc(C(=O)NC)nc4)CC3)ccc2C1=C=O. The van der Waals surface area contributed by atoms with Crippen LogP contribution in [0.15, 0.2) is 48.4 Å². The van der Waals surface area contributed by atoms with Gasteiger partial charge in [0.2, 0.25) is 0 Å². The van der Waals surface area contributed by atoms with Gasteiger partial charge >= 0.3 is 0 Å². The van der Waals surface area contributed by atoms with Gasteiger partial charge in [0.1, 0.15) is 11.4 Å². The van der Waals surface area contributed by atoms with E-state index < -0.39 is 0 Å². The zero-order valence-corrected chi connectivity index (χ0v) is 18.6. The Kier molecular flexibility index (Phi) is 6.52. The van der Waals surface area contributed by atoms with Crippen LogP contribution in [0.25, 0.3) is 11.3 Å². The summed E-state index contributed by atoms with van der Waals surface area (Å²) in [5.41, 5.74) is 5.51. The van der Waals surface area contributed by atoms with Gasteiger partial charge in [-0.3, -0.25) is 14.7 Å². The van der Waals surface area contributed by atoms with Gasteiger partial charge in [0.15, 0.2) is 17.7 Å². The molecule has 0 atom stereocenters. The highest BCUT2D eigenvalue weighted by atomic mass is 16.1. The fraction of sp³-hybridized carbons (Fsp3) is 0.280. The number of fused-ring (bicyclic) bond motifs is 1. The summed E-state index contributed by atoms with van der Waals surface area (Å²) in [7, 11) is 1.59. The summed E-state index contributed by atoms with van der Waals surface area (Å²) in [4.78, 5) is 42.8. The van der Waals surface area contributed by atoms with Crippen LogP contribution in [0.3, 0.4) is 0 Å². The molecule has 1 aromatic carbocycles. The highest BCUT2D eigenvalue weighted by Gasteiger charge is 2.26. The summed E-state index contributed by atoms with van der Waals surface area (Å²) in [6.07, 6.45) is 4.82. The topological polar surface area (TPSA) is 94.6 Å². The third-order valence-electron chi connectivity index (χ3n) is 5.93. The van der Waals surface area contributed by atoms with Crippen LogP contribution in [0.5, 0.6) is 0 Å². The van der Waals surface area contributed by atoms with Crippen molar-refractivity contribution in [2.75, 3.05) is 32.0 Å².